The molecule has 3 rings (SSSR count). The van der Waals surface area contributed by atoms with Crippen molar-refractivity contribution in [2.24, 2.45) is 0 Å². The molecule has 3 aromatic rings. The predicted octanol–water partition coefficient (Wildman–Crippen LogP) is 4.41. The van der Waals surface area contributed by atoms with Crippen LogP contribution < -0.4 is 0 Å². The van der Waals surface area contributed by atoms with Gasteiger partial charge in [-0.05, 0) is 36.8 Å². The largest absolute Gasteiger partial charge is 0.302 e. The van der Waals surface area contributed by atoms with E-state index in [1.165, 1.54) is 5.56 Å². The number of pyridine rings is 1. The quantitative estimate of drug-likeness (QED) is 0.620. The van der Waals surface area contributed by atoms with Crippen LogP contribution in [-0.2, 0) is 12.3 Å². The van der Waals surface area contributed by atoms with Crippen LogP contribution in [-0.4, -0.2) is 19.7 Å². The van der Waals surface area contributed by atoms with E-state index < -0.39 is 0 Å². The van der Waals surface area contributed by atoms with Crippen molar-refractivity contribution in [2.75, 3.05) is 0 Å². The maximum absolute atomic E-state index is 4.34. The molecule has 0 bridgehead atoms. The van der Waals surface area contributed by atoms with Gasteiger partial charge < -0.3 is 4.57 Å². The summed E-state index contributed by atoms with van der Waals surface area (Å²) in [6.07, 6.45) is 3.55. The van der Waals surface area contributed by atoms with Crippen molar-refractivity contribution in [2.45, 2.75) is 24.4 Å². The topological polar surface area (TPSA) is 43.6 Å². The predicted molar refractivity (Wildman–Crippen MR) is 92.6 cm³/mol. The third-order valence-electron chi connectivity index (χ3n) is 3.23. The highest BCUT2D eigenvalue weighted by Crippen LogP contribution is 2.26. The Labute approximate surface area is 142 Å². The van der Waals surface area contributed by atoms with Crippen LogP contribution in [0.1, 0.15) is 12.5 Å². The van der Waals surface area contributed by atoms with Crippen molar-refractivity contribution in [1.82, 2.24) is 19.7 Å². The van der Waals surface area contributed by atoms with Gasteiger partial charge in [0.2, 0.25) is 0 Å². The van der Waals surface area contributed by atoms with Crippen molar-refractivity contribution in [3.63, 3.8) is 0 Å². The van der Waals surface area contributed by atoms with Crippen LogP contribution in [0, 0.1) is 0 Å². The molecular weight excluding hydrogens is 360 g/mol. The molecule has 0 aliphatic carbocycles. The molecule has 1 aromatic carbocycles. The Balaban J connectivity index is 1.81. The van der Waals surface area contributed by atoms with Gasteiger partial charge in [0.25, 0.3) is 0 Å². The number of rotatable bonds is 5. The van der Waals surface area contributed by atoms with E-state index in [1.54, 1.807) is 24.2 Å². The minimum absolute atomic E-state index is 0.839. The van der Waals surface area contributed by atoms with E-state index >= 15 is 0 Å². The first-order valence-electron chi connectivity index (χ1n) is 6.98. The molecular formula is C16H15BrN4S. The number of thioether (sulfide) groups is 1. The third kappa shape index (κ3) is 3.39. The standard InChI is InChI=1S/C16H15BrN4S/c1-2-21-15(13-6-8-18-9-7-13)19-20-16(21)22-11-12-4-3-5-14(17)10-12/h3-10H,2,11H2,1H3. The van der Waals surface area contributed by atoms with Gasteiger partial charge in [0.15, 0.2) is 11.0 Å². The molecule has 2 heterocycles. The fraction of sp³-hybridized carbons (Fsp3) is 0.188. The van der Waals surface area contributed by atoms with Crippen molar-refractivity contribution >= 4 is 27.7 Å². The number of hydrogen-bond acceptors (Lipinski definition) is 4. The molecule has 6 heteroatoms. The summed E-state index contributed by atoms with van der Waals surface area (Å²) in [5, 5.41) is 9.63. The lowest BCUT2D eigenvalue weighted by Gasteiger charge is -2.07. The molecule has 0 unspecified atom stereocenters. The SMILES string of the molecule is CCn1c(SCc2cccc(Br)c2)nnc1-c1ccncc1. The smallest absolute Gasteiger partial charge is 0.191 e. The van der Waals surface area contributed by atoms with Gasteiger partial charge in [-0.3, -0.25) is 4.98 Å². The van der Waals surface area contributed by atoms with Crippen molar-refractivity contribution in [3.05, 3.63) is 58.8 Å². The Bertz CT molecular complexity index is 758. The minimum Gasteiger partial charge on any atom is -0.302 e. The second kappa shape index (κ2) is 7.07. The highest BCUT2D eigenvalue weighted by molar-refractivity contribution is 9.10. The van der Waals surface area contributed by atoms with Crippen molar-refractivity contribution in [1.29, 1.82) is 0 Å². The summed E-state index contributed by atoms with van der Waals surface area (Å²) < 4.78 is 3.23. The molecule has 4 nitrogen and oxygen atoms in total. The molecule has 0 saturated heterocycles. The zero-order chi connectivity index (χ0) is 15.4. The number of nitrogens with zero attached hydrogens (tertiary/aromatic N) is 4. The van der Waals surface area contributed by atoms with E-state index in [-0.39, 0.29) is 0 Å². The Kier molecular flexibility index (Phi) is 4.90. The van der Waals surface area contributed by atoms with Crippen LogP contribution in [0.2, 0.25) is 0 Å². The van der Waals surface area contributed by atoms with Crippen LogP contribution in [0.5, 0.6) is 0 Å². The molecule has 0 spiro atoms. The number of halogens is 1. The summed E-state index contributed by atoms with van der Waals surface area (Å²) in [7, 11) is 0. The van der Waals surface area contributed by atoms with E-state index in [1.807, 2.05) is 24.3 Å². The van der Waals surface area contributed by atoms with Crippen LogP contribution in [0.15, 0.2) is 58.4 Å². The molecule has 0 aliphatic rings. The van der Waals surface area contributed by atoms with Crippen LogP contribution in [0.3, 0.4) is 0 Å². The van der Waals surface area contributed by atoms with Crippen LogP contribution in [0.4, 0.5) is 0 Å². The lowest BCUT2D eigenvalue weighted by Crippen LogP contribution is -1.99. The summed E-state index contributed by atoms with van der Waals surface area (Å²) in [6, 6.07) is 12.2. The lowest BCUT2D eigenvalue weighted by atomic mass is 10.2. The van der Waals surface area contributed by atoms with Crippen LogP contribution in [0.25, 0.3) is 11.4 Å². The fourth-order valence-corrected chi connectivity index (χ4v) is 3.56. The number of hydrogen-bond donors (Lipinski definition) is 0. The first-order valence-corrected chi connectivity index (χ1v) is 8.76. The summed E-state index contributed by atoms with van der Waals surface area (Å²) in [6.45, 7) is 2.95. The summed E-state index contributed by atoms with van der Waals surface area (Å²) in [5.74, 6) is 1.76. The Morgan fingerprint density at radius 2 is 1.95 bits per heavy atom. The molecule has 0 N–H and O–H groups in total. The Hall–Kier alpha value is -1.66. The summed E-state index contributed by atoms with van der Waals surface area (Å²) in [5.41, 5.74) is 2.30. The van der Waals surface area contributed by atoms with Gasteiger partial charge >= 0.3 is 0 Å². The number of aromatic nitrogens is 4. The maximum Gasteiger partial charge on any atom is 0.191 e. The molecule has 0 fully saturated rings. The molecule has 0 atom stereocenters. The number of benzene rings is 1. The van der Waals surface area contributed by atoms with Gasteiger partial charge in [0.05, 0.1) is 0 Å². The van der Waals surface area contributed by atoms with E-state index in [9.17, 15) is 0 Å². The van der Waals surface area contributed by atoms with Crippen molar-refractivity contribution < 1.29 is 0 Å². The monoisotopic (exact) mass is 374 g/mol. The molecule has 0 radical (unpaired) electrons. The highest BCUT2D eigenvalue weighted by atomic mass is 79.9. The Morgan fingerprint density at radius 3 is 2.68 bits per heavy atom. The second-order valence-electron chi connectivity index (χ2n) is 4.70. The maximum atomic E-state index is 4.34. The van der Waals surface area contributed by atoms with Crippen LogP contribution >= 0.6 is 27.7 Å². The van der Waals surface area contributed by atoms with E-state index in [0.29, 0.717) is 0 Å². The molecule has 0 amide bonds. The normalized spacial score (nSPS) is 10.8. The fourth-order valence-electron chi connectivity index (χ4n) is 2.17. The van der Waals surface area contributed by atoms with Gasteiger partial charge in [-0.15, -0.1) is 10.2 Å². The zero-order valence-corrected chi connectivity index (χ0v) is 14.5. The van der Waals surface area contributed by atoms with Gasteiger partial charge in [0.1, 0.15) is 0 Å². The molecule has 2 aromatic heterocycles. The molecule has 0 aliphatic heterocycles. The van der Waals surface area contributed by atoms with Gasteiger partial charge in [0, 0.05) is 34.7 Å². The van der Waals surface area contributed by atoms with Gasteiger partial charge in [-0.2, -0.15) is 0 Å². The average Bonchev–Trinajstić information content (AvgIpc) is 2.97. The summed E-state index contributed by atoms with van der Waals surface area (Å²) >= 11 is 5.20. The first-order chi connectivity index (χ1) is 10.8. The van der Waals surface area contributed by atoms with E-state index in [4.69, 9.17) is 0 Å². The van der Waals surface area contributed by atoms with Gasteiger partial charge in [-0.1, -0.05) is 39.8 Å². The second-order valence-corrected chi connectivity index (χ2v) is 6.56. The summed E-state index contributed by atoms with van der Waals surface area (Å²) in [4.78, 5) is 4.05. The third-order valence-corrected chi connectivity index (χ3v) is 4.76. The molecule has 22 heavy (non-hydrogen) atoms. The minimum atomic E-state index is 0.839. The first kappa shape index (κ1) is 15.2. The zero-order valence-electron chi connectivity index (χ0n) is 12.1. The Morgan fingerprint density at radius 1 is 1.14 bits per heavy atom. The average molecular weight is 375 g/mol. The van der Waals surface area contributed by atoms with E-state index in [2.05, 4.69) is 54.7 Å². The highest BCUT2D eigenvalue weighted by Gasteiger charge is 2.13. The lowest BCUT2D eigenvalue weighted by molar-refractivity contribution is 0.687. The molecule has 0 saturated carbocycles. The van der Waals surface area contributed by atoms with E-state index in [0.717, 1.165) is 33.3 Å². The van der Waals surface area contributed by atoms with Crippen molar-refractivity contribution in [3.8, 4) is 11.4 Å². The van der Waals surface area contributed by atoms with Gasteiger partial charge in [-0.25, -0.2) is 0 Å². The molecule has 112 valence electrons.